The van der Waals surface area contributed by atoms with Gasteiger partial charge in [0.1, 0.15) is 16.5 Å². The molecule has 1 heterocycles. The van der Waals surface area contributed by atoms with Gasteiger partial charge in [-0.15, -0.1) is 11.3 Å². The van der Waals surface area contributed by atoms with E-state index in [2.05, 4.69) is 4.98 Å². The number of aromatic nitrogens is 1. The van der Waals surface area contributed by atoms with E-state index in [1.54, 1.807) is 6.07 Å². The van der Waals surface area contributed by atoms with Crippen LogP contribution in [0.4, 0.5) is 0 Å². The molecule has 0 unspecified atom stereocenters. The summed E-state index contributed by atoms with van der Waals surface area (Å²) >= 11 is 1.53. The second kappa shape index (κ2) is 4.74. The summed E-state index contributed by atoms with van der Waals surface area (Å²) in [6.07, 6.45) is 0. The largest absolute Gasteiger partial charge is 0.508 e. The van der Waals surface area contributed by atoms with E-state index in [0.29, 0.717) is 11.3 Å². The molecule has 3 rings (SSSR count). The Morgan fingerprint density at radius 3 is 2.47 bits per heavy atom. The lowest BCUT2D eigenvalue weighted by Gasteiger charge is -2.01. The molecule has 0 fully saturated rings. The predicted molar refractivity (Wildman–Crippen MR) is 76.3 cm³/mol. The van der Waals surface area contributed by atoms with Crippen LogP contribution in [-0.2, 0) is 0 Å². The van der Waals surface area contributed by atoms with Gasteiger partial charge in [-0.25, -0.2) is 4.98 Å². The van der Waals surface area contributed by atoms with E-state index in [0.717, 1.165) is 10.6 Å². The van der Waals surface area contributed by atoms with Crippen LogP contribution in [0.3, 0.4) is 0 Å². The molecule has 0 saturated heterocycles. The van der Waals surface area contributed by atoms with E-state index in [1.807, 2.05) is 35.7 Å². The third-order valence-corrected chi connectivity index (χ3v) is 3.67. The molecule has 0 saturated carbocycles. The minimum Gasteiger partial charge on any atom is -0.508 e. The highest BCUT2D eigenvalue weighted by Crippen LogP contribution is 2.34. The number of thiazole rings is 1. The fourth-order valence-electron chi connectivity index (χ4n) is 1.85. The van der Waals surface area contributed by atoms with E-state index >= 15 is 0 Å². The molecule has 0 aliphatic carbocycles. The number of aromatic hydroxyl groups is 2. The summed E-state index contributed by atoms with van der Waals surface area (Å²) in [5, 5.41) is 21.9. The van der Waals surface area contributed by atoms with Gasteiger partial charge in [0.2, 0.25) is 0 Å². The number of nitrogens with zero attached hydrogens (tertiary/aromatic N) is 1. The topological polar surface area (TPSA) is 53.4 Å². The predicted octanol–water partition coefficient (Wildman–Crippen LogP) is 3.89. The SMILES string of the molecule is Oc1ccc(-c2csc(-c3ccccc3)n2)c(O)c1. The Kier molecular flexibility index (Phi) is 2.93. The van der Waals surface area contributed by atoms with Crippen LogP contribution in [-0.4, -0.2) is 15.2 Å². The average Bonchev–Trinajstić information content (AvgIpc) is 2.89. The van der Waals surface area contributed by atoms with Gasteiger partial charge in [-0.05, 0) is 12.1 Å². The van der Waals surface area contributed by atoms with Gasteiger partial charge in [0.15, 0.2) is 0 Å². The van der Waals surface area contributed by atoms with Crippen molar-refractivity contribution in [3.63, 3.8) is 0 Å². The fraction of sp³-hybridized carbons (Fsp3) is 0. The van der Waals surface area contributed by atoms with Crippen LogP contribution < -0.4 is 0 Å². The van der Waals surface area contributed by atoms with Gasteiger partial charge in [-0.1, -0.05) is 30.3 Å². The minimum absolute atomic E-state index is 0.0323. The Hall–Kier alpha value is -2.33. The van der Waals surface area contributed by atoms with Gasteiger partial charge in [-0.3, -0.25) is 0 Å². The number of phenols is 2. The molecule has 0 bridgehead atoms. The molecule has 0 atom stereocenters. The van der Waals surface area contributed by atoms with E-state index < -0.39 is 0 Å². The zero-order chi connectivity index (χ0) is 13.2. The van der Waals surface area contributed by atoms with E-state index in [9.17, 15) is 10.2 Å². The van der Waals surface area contributed by atoms with Crippen LogP contribution in [0.5, 0.6) is 11.5 Å². The molecule has 19 heavy (non-hydrogen) atoms. The maximum absolute atomic E-state index is 9.83. The van der Waals surface area contributed by atoms with Crippen molar-refractivity contribution >= 4 is 11.3 Å². The van der Waals surface area contributed by atoms with Crippen molar-refractivity contribution in [3.8, 4) is 33.3 Å². The second-order valence-corrected chi connectivity index (χ2v) is 4.96. The zero-order valence-corrected chi connectivity index (χ0v) is 10.8. The number of hydrogen-bond donors (Lipinski definition) is 2. The van der Waals surface area contributed by atoms with Crippen LogP contribution in [0, 0.1) is 0 Å². The third kappa shape index (κ3) is 2.30. The summed E-state index contributed by atoms with van der Waals surface area (Å²) < 4.78 is 0. The van der Waals surface area contributed by atoms with Crippen LogP contribution in [0.25, 0.3) is 21.8 Å². The summed E-state index contributed by atoms with van der Waals surface area (Å²) in [4.78, 5) is 4.52. The molecule has 0 aliphatic rings. The van der Waals surface area contributed by atoms with Crippen molar-refractivity contribution < 1.29 is 10.2 Å². The molecular formula is C15H11NO2S. The fourth-order valence-corrected chi connectivity index (χ4v) is 2.67. The van der Waals surface area contributed by atoms with Gasteiger partial charge in [0.25, 0.3) is 0 Å². The molecule has 3 aromatic rings. The molecule has 3 nitrogen and oxygen atoms in total. The summed E-state index contributed by atoms with van der Waals surface area (Å²) in [6.45, 7) is 0. The molecule has 2 aromatic carbocycles. The first-order chi connectivity index (χ1) is 9.24. The second-order valence-electron chi connectivity index (χ2n) is 4.11. The number of phenolic OH excluding ortho intramolecular Hbond substituents is 2. The number of rotatable bonds is 2. The summed E-state index contributed by atoms with van der Waals surface area (Å²) in [5.74, 6) is 0.0738. The molecule has 2 N–H and O–H groups in total. The first-order valence-electron chi connectivity index (χ1n) is 5.77. The Labute approximate surface area is 114 Å². The quantitative estimate of drug-likeness (QED) is 0.742. The maximum Gasteiger partial charge on any atom is 0.128 e. The van der Waals surface area contributed by atoms with Crippen molar-refractivity contribution in [1.29, 1.82) is 0 Å². The zero-order valence-electron chi connectivity index (χ0n) is 9.95. The van der Waals surface area contributed by atoms with Crippen LogP contribution in [0.15, 0.2) is 53.9 Å². The van der Waals surface area contributed by atoms with Gasteiger partial charge >= 0.3 is 0 Å². The smallest absolute Gasteiger partial charge is 0.128 e. The average molecular weight is 269 g/mol. The Balaban J connectivity index is 2.02. The van der Waals surface area contributed by atoms with Crippen molar-refractivity contribution in [3.05, 3.63) is 53.9 Å². The van der Waals surface area contributed by atoms with Crippen molar-refractivity contribution in [2.45, 2.75) is 0 Å². The van der Waals surface area contributed by atoms with E-state index in [-0.39, 0.29) is 11.5 Å². The maximum atomic E-state index is 9.83. The van der Waals surface area contributed by atoms with Crippen molar-refractivity contribution in [2.75, 3.05) is 0 Å². The van der Waals surface area contributed by atoms with Crippen LogP contribution >= 0.6 is 11.3 Å². The summed E-state index contributed by atoms with van der Waals surface area (Å²) in [6, 6.07) is 14.4. The lowest BCUT2D eigenvalue weighted by atomic mass is 10.1. The Bertz CT molecular complexity index is 707. The number of benzene rings is 2. The van der Waals surface area contributed by atoms with E-state index in [1.165, 1.54) is 23.5 Å². The van der Waals surface area contributed by atoms with E-state index in [4.69, 9.17) is 0 Å². The lowest BCUT2D eigenvalue weighted by Crippen LogP contribution is -1.80. The molecule has 0 spiro atoms. The normalized spacial score (nSPS) is 10.5. The number of hydrogen-bond acceptors (Lipinski definition) is 4. The Morgan fingerprint density at radius 1 is 0.947 bits per heavy atom. The summed E-state index contributed by atoms with van der Waals surface area (Å²) in [7, 11) is 0. The third-order valence-electron chi connectivity index (χ3n) is 2.78. The highest BCUT2D eigenvalue weighted by Gasteiger charge is 2.10. The summed E-state index contributed by atoms with van der Waals surface area (Å²) in [5.41, 5.74) is 2.38. The first-order valence-corrected chi connectivity index (χ1v) is 6.65. The van der Waals surface area contributed by atoms with Crippen molar-refractivity contribution in [2.24, 2.45) is 0 Å². The molecular weight excluding hydrogens is 258 g/mol. The monoisotopic (exact) mass is 269 g/mol. The molecule has 0 radical (unpaired) electrons. The highest BCUT2D eigenvalue weighted by molar-refractivity contribution is 7.13. The Morgan fingerprint density at radius 2 is 1.74 bits per heavy atom. The minimum atomic E-state index is 0.0323. The van der Waals surface area contributed by atoms with Gasteiger partial charge < -0.3 is 10.2 Å². The molecule has 0 aliphatic heterocycles. The first kappa shape index (κ1) is 11.7. The highest BCUT2D eigenvalue weighted by atomic mass is 32.1. The van der Waals surface area contributed by atoms with Gasteiger partial charge in [0, 0.05) is 22.6 Å². The van der Waals surface area contributed by atoms with Crippen molar-refractivity contribution in [1.82, 2.24) is 4.98 Å². The van der Waals surface area contributed by atoms with Crippen LogP contribution in [0.1, 0.15) is 0 Å². The lowest BCUT2D eigenvalue weighted by molar-refractivity contribution is 0.452. The van der Waals surface area contributed by atoms with Gasteiger partial charge in [-0.2, -0.15) is 0 Å². The standard InChI is InChI=1S/C15H11NO2S/c17-11-6-7-12(14(18)8-11)13-9-19-15(16-13)10-4-2-1-3-5-10/h1-9,17-18H. The molecule has 0 amide bonds. The molecule has 4 heteroatoms. The van der Waals surface area contributed by atoms with Gasteiger partial charge in [0.05, 0.1) is 5.69 Å². The molecule has 1 aromatic heterocycles. The van der Waals surface area contributed by atoms with Crippen LogP contribution in [0.2, 0.25) is 0 Å². The molecule has 94 valence electrons.